The molecule has 1 saturated heterocycles. The van der Waals surface area contributed by atoms with Crippen molar-refractivity contribution in [3.8, 4) is 11.5 Å². The van der Waals surface area contributed by atoms with Gasteiger partial charge in [0.2, 0.25) is 10.0 Å². The topological polar surface area (TPSA) is 94.1 Å². The molecule has 0 atom stereocenters. The molecule has 0 aliphatic carbocycles. The standard InChI is InChI=1S/C21H23N5O3S3/c1-2-26-18-7-6-16(32(27,28)25-9-4-3-5-10-25)12-17(18)22-21(26)31-14-19-23-20(29-24-19)15-8-11-30-13-15/h6-8,11-13H,2-5,9-10,14H2,1H3. The number of sulfonamides is 1. The van der Waals surface area contributed by atoms with Crippen LogP contribution in [0.2, 0.25) is 0 Å². The van der Waals surface area contributed by atoms with E-state index in [0.717, 1.165) is 42.0 Å². The third-order valence-corrected chi connectivity index (χ3v) is 9.07. The molecule has 0 unspecified atom stereocenters. The first-order valence-electron chi connectivity index (χ1n) is 10.5. The molecule has 0 bridgehead atoms. The quantitative estimate of drug-likeness (QED) is 0.349. The Morgan fingerprint density at radius 2 is 2.00 bits per heavy atom. The molecule has 3 aromatic heterocycles. The fraction of sp³-hybridized carbons (Fsp3) is 0.381. The summed E-state index contributed by atoms with van der Waals surface area (Å²) in [5.41, 5.74) is 2.51. The van der Waals surface area contributed by atoms with E-state index in [2.05, 4.69) is 14.7 Å². The molecule has 4 aromatic rings. The van der Waals surface area contributed by atoms with Crippen LogP contribution in [0.15, 0.2) is 49.6 Å². The summed E-state index contributed by atoms with van der Waals surface area (Å²) < 4.78 is 35.2. The Labute approximate surface area is 194 Å². The summed E-state index contributed by atoms with van der Waals surface area (Å²) in [7, 11) is -3.49. The van der Waals surface area contributed by atoms with Crippen molar-refractivity contribution in [3.63, 3.8) is 0 Å². The summed E-state index contributed by atoms with van der Waals surface area (Å²) >= 11 is 3.09. The van der Waals surface area contributed by atoms with Crippen molar-refractivity contribution in [2.75, 3.05) is 13.1 Å². The number of aryl methyl sites for hydroxylation is 1. The summed E-state index contributed by atoms with van der Waals surface area (Å²) in [6.45, 7) is 3.95. The van der Waals surface area contributed by atoms with Gasteiger partial charge >= 0.3 is 0 Å². The smallest absolute Gasteiger partial charge is 0.258 e. The molecule has 0 amide bonds. The van der Waals surface area contributed by atoms with E-state index in [1.54, 1.807) is 27.8 Å². The first-order valence-corrected chi connectivity index (χ1v) is 13.9. The van der Waals surface area contributed by atoms with E-state index in [9.17, 15) is 8.42 Å². The van der Waals surface area contributed by atoms with Gasteiger partial charge in [-0.05, 0) is 49.4 Å². The van der Waals surface area contributed by atoms with Gasteiger partial charge in [-0.25, -0.2) is 13.4 Å². The second-order valence-corrected chi connectivity index (χ2v) is 11.2. The summed E-state index contributed by atoms with van der Waals surface area (Å²) in [6, 6.07) is 7.19. The molecule has 1 aromatic carbocycles. The maximum Gasteiger partial charge on any atom is 0.258 e. The van der Waals surface area contributed by atoms with Crippen molar-refractivity contribution in [2.45, 2.75) is 48.5 Å². The first-order chi connectivity index (χ1) is 15.6. The van der Waals surface area contributed by atoms with E-state index < -0.39 is 10.0 Å². The van der Waals surface area contributed by atoms with Crippen LogP contribution in [0.5, 0.6) is 0 Å². The normalized spacial score (nSPS) is 15.5. The summed E-state index contributed by atoms with van der Waals surface area (Å²) in [4.78, 5) is 9.50. The molecule has 8 nitrogen and oxygen atoms in total. The highest BCUT2D eigenvalue weighted by Gasteiger charge is 2.26. The lowest BCUT2D eigenvalue weighted by atomic mass is 10.2. The molecule has 11 heteroatoms. The second kappa shape index (κ2) is 8.97. The van der Waals surface area contributed by atoms with Crippen molar-refractivity contribution >= 4 is 44.2 Å². The van der Waals surface area contributed by atoms with E-state index in [4.69, 9.17) is 9.51 Å². The molecule has 0 radical (unpaired) electrons. The SMILES string of the molecule is CCn1c(SCc2noc(-c3ccsc3)n2)nc2cc(S(=O)(=O)N3CCCCC3)ccc21. The Bertz CT molecular complexity index is 1320. The zero-order chi connectivity index (χ0) is 22.1. The highest BCUT2D eigenvalue weighted by Crippen LogP contribution is 2.30. The molecule has 32 heavy (non-hydrogen) atoms. The van der Waals surface area contributed by atoms with Crippen LogP contribution in [0, 0.1) is 0 Å². The summed E-state index contributed by atoms with van der Waals surface area (Å²) in [6.07, 6.45) is 2.91. The Morgan fingerprint density at radius 3 is 2.75 bits per heavy atom. The number of benzene rings is 1. The Balaban J connectivity index is 1.39. The average molecular weight is 490 g/mol. The van der Waals surface area contributed by atoms with Gasteiger partial charge in [0.1, 0.15) is 0 Å². The van der Waals surface area contributed by atoms with Crippen LogP contribution in [-0.2, 0) is 22.3 Å². The number of imidazole rings is 1. The minimum atomic E-state index is -3.49. The predicted molar refractivity (Wildman–Crippen MR) is 125 cm³/mol. The number of fused-ring (bicyclic) bond motifs is 1. The largest absolute Gasteiger partial charge is 0.334 e. The van der Waals surface area contributed by atoms with E-state index in [1.807, 2.05) is 29.8 Å². The Morgan fingerprint density at radius 1 is 1.16 bits per heavy atom. The minimum Gasteiger partial charge on any atom is -0.334 e. The van der Waals surface area contributed by atoms with Gasteiger partial charge in [0.15, 0.2) is 11.0 Å². The fourth-order valence-corrected chi connectivity index (χ4v) is 6.95. The number of nitrogens with zero attached hydrogens (tertiary/aromatic N) is 5. The molecule has 1 aliphatic heterocycles. The highest BCUT2D eigenvalue weighted by atomic mass is 32.2. The van der Waals surface area contributed by atoms with Gasteiger partial charge in [0, 0.05) is 25.0 Å². The number of piperidine rings is 1. The third-order valence-electron chi connectivity index (χ3n) is 5.52. The van der Waals surface area contributed by atoms with Crippen LogP contribution < -0.4 is 0 Å². The molecule has 0 N–H and O–H groups in total. The lowest BCUT2D eigenvalue weighted by Crippen LogP contribution is -2.35. The van der Waals surface area contributed by atoms with Crippen LogP contribution in [0.1, 0.15) is 32.0 Å². The summed E-state index contributed by atoms with van der Waals surface area (Å²) in [5.74, 6) is 1.62. The fourth-order valence-electron chi connectivity index (χ4n) is 3.86. The van der Waals surface area contributed by atoms with Crippen LogP contribution in [0.3, 0.4) is 0 Å². The van der Waals surface area contributed by atoms with Crippen molar-refractivity contribution in [3.05, 3.63) is 40.8 Å². The van der Waals surface area contributed by atoms with Crippen LogP contribution in [0.25, 0.3) is 22.5 Å². The lowest BCUT2D eigenvalue weighted by Gasteiger charge is -2.25. The Hall–Kier alpha value is -2.21. The average Bonchev–Trinajstić information content (AvgIpc) is 3.57. The number of thioether (sulfide) groups is 1. The molecule has 4 heterocycles. The van der Waals surface area contributed by atoms with Crippen molar-refractivity contribution in [1.29, 1.82) is 0 Å². The molecule has 1 fully saturated rings. The maximum atomic E-state index is 13.1. The molecule has 0 spiro atoms. The molecular weight excluding hydrogens is 466 g/mol. The van der Waals surface area contributed by atoms with Crippen LogP contribution >= 0.6 is 23.1 Å². The molecule has 0 saturated carbocycles. The van der Waals surface area contributed by atoms with E-state index in [1.165, 1.54) is 11.8 Å². The van der Waals surface area contributed by atoms with Gasteiger partial charge in [0.25, 0.3) is 5.89 Å². The van der Waals surface area contributed by atoms with Crippen LogP contribution in [0.4, 0.5) is 0 Å². The van der Waals surface area contributed by atoms with Gasteiger partial charge in [-0.1, -0.05) is 23.3 Å². The Kier molecular flexibility index (Phi) is 6.06. The van der Waals surface area contributed by atoms with Crippen molar-refractivity contribution in [1.82, 2.24) is 24.0 Å². The van der Waals surface area contributed by atoms with E-state index in [-0.39, 0.29) is 0 Å². The minimum absolute atomic E-state index is 0.308. The van der Waals surface area contributed by atoms with Gasteiger partial charge < -0.3 is 9.09 Å². The van der Waals surface area contributed by atoms with Gasteiger partial charge in [-0.3, -0.25) is 0 Å². The molecular formula is C21H23N5O3S3. The third kappa shape index (κ3) is 4.09. The molecule has 1 aliphatic rings. The van der Waals surface area contributed by atoms with Crippen molar-refractivity contribution < 1.29 is 12.9 Å². The van der Waals surface area contributed by atoms with Crippen LogP contribution in [-0.4, -0.2) is 45.5 Å². The highest BCUT2D eigenvalue weighted by molar-refractivity contribution is 7.98. The number of rotatable bonds is 7. The maximum absolute atomic E-state index is 13.1. The number of aromatic nitrogens is 4. The van der Waals surface area contributed by atoms with Crippen molar-refractivity contribution in [2.24, 2.45) is 0 Å². The number of thiophene rings is 1. The first kappa shape index (κ1) is 21.6. The number of hydrogen-bond donors (Lipinski definition) is 0. The van der Waals surface area contributed by atoms with E-state index >= 15 is 0 Å². The number of hydrogen-bond acceptors (Lipinski definition) is 8. The second-order valence-electron chi connectivity index (χ2n) is 7.57. The molecule has 168 valence electrons. The monoisotopic (exact) mass is 489 g/mol. The zero-order valence-corrected chi connectivity index (χ0v) is 20.0. The van der Waals surface area contributed by atoms with Gasteiger partial charge in [0.05, 0.1) is 27.2 Å². The van der Waals surface area contributed by atoms with Gasteiger partial charge in [-0.2, -0.15) is 20.6 Å². The molecule has 5 rings (SSSR count). The predicted octanol–water partition coefficient (Wildman–Crippen LogP) is 4.63. The van der Waals surface area contributed by atoms with Gasteiger partial charge in [-0.15, -0.1) is 0 Å². The van der Waals surface area contributed by atoms with E-state index in [0.29, 0.717) is 41.0 Å². The lowest BCUT2D eigenvalue weighted by molar-refractivity contribution is 0.346. The summed E-state index contributed by atoms with van der Waals surface area (Å²) in [5, 5.41) is 8.81. The zero-order valence-electron chi connectivity index (χ0n) is 17.6.